The van der Waals surface area contributed by atoms with Gasteiger partial charge in [0.15, 0.2) is 0 Å². The monoisotopic (exact) mass is 199 g/mol. The van der Waals surface area contributed by atoms with E-state index in [4.69, 9.17) is 9.84 Å². The van der Waals surface area contributed by atoms with E-state index in [0.717, 1.165) is 31.0 Å². The Morgan fingerprint density at radius 3 is 2.79 bits per heavy atom. The molecule has 0 heterocycles. The topological polar surface area (TPSA) is 41.5 Å². The number of hydrogen-bond donors (Lipinski definition) is 2. The Hall–Kier alpha value is -0.120. The van der Waals surface area contributed by atoms with Gasteiger partial charge in [0, 0.05) is 12.6 Å². The van der Waals surface area contributed by atoms with Gasteiger partial charge >= 0.3 is 0 Å². The molecule has 2 fully saturated rings. The first-order chi connectivity index (χ1) is 6.90. The van der Waals surface area contributed by atoms with Crippen molar-refractivity contribution in [3.05, 3.63) is 0 Å². The molecule has 0 spiro atoms. The molecule has 14 heavy (non-hydrogen) atoms. The summed E-state index contributed by atoms with van der Waals surface area (Å²) in [4.78, 5) is 0. The van der Waals surface area contributed by atoms with Crippen molar-refractivity contribution in [3.8, 4) is 0 Å². The minimum absolute atomic E-state index is 0.133. The summed E-state index contributed by atoms with van der Waals surface area (Å²) in [6, 6.07) is 0.756. The van der Waals surface area contributed by atoms with Crippen molar-refractivity contribution >= 4 is 0 Å². The van der Waals surface area contributed by atoms with Gasteiger partial charge in [-0.05, 0) is 31.1 Å². The van der Waals surface area contributed by atoms with Crippen molar-refractivity contribution < 1.29 is 9.84 Å². The molecule has 3 atom stereocenters. The van der Waals surface area contributed by atoms with Crippen LogP contribution in [-0.4, -0.2) is 37.5 Å². The molecule has 0 aromatic rings. The van der Waals surface area contributed by atoms with Crippen LogP contribution in [0.3, 0.4) is 0 Å². The first-order valence-corrected chi connectivity index (χ1v) is 5.82. The molecule has 2 N–H and O–H groups in total. The molecule has 3 nitrogen and oxygen atoms in total. The van der Waals surface area contributed by atoms with Crippen LogP contribution >= 0.6 is 0 Å². The molecule has 0 radical (unpaired) electrons. The Morgan fingerprint density at radius 1 is 1.21 bits per heavy atom. The summed E-state index contributed by atoms with van der Waals surface area (Å²) in [5.41, 5.74) is 0. The van der Waals surface area contributed by atoms with E-state index in [1.54, 1.807) is 0 Å². The van der Waals surface area contributed by atoms with E-state index >= 15 is 0 Å². The third-order valence-corrected chi connectivity index (χ3v) is 3.63. The molecule has 2 aliphatic carbocycles. The van der Waals surface area contributed by atoms with E-state index in [0.29, 0.717) is 6.61 Å². The van der Waals surface area contributed by atoms with Crippen molar-refractivity contribution in [2.24, 2.45) is 11.8 Å². The molecule has 3 heteroatoms. The lowest BCUT2D eigenvalue weighted by atomic mass is 9.95. The third-order valence-electron chi connectivity index (χ3n) is 3.63. The molecule has 2 rings (SSSR count). The number of rotatable bonds is 6. The molecule has 2 saturated carbocycles. The van der Waals surface area contributed by atoms with Crippen LogP contribution in [0, 0.1) is 11.8 Å². The van der Waals surface area contributed by atoms with E-state index in [1.165, 1.54) is 25.7 Å². The van der Waals surface area contributed by atoms with E-state index in [-0.39, 0.29) is 6.61 Å². The van der Waals surface area contributed by atoms with Crippen molar-refractivity contribution in [1.82, 2.24) is 5.32 Å². The molecule has 0 aromatic carbocycles. The smallest absolute Gasteiger partial charge is 0.0698 e. The predicted octanol–water partition coefficient (Wildman–Crippen LogP) is 0.773. The van der Waals surface area contributed by atoms with Gasteiger partial charge < -0.3 is 15.2 Å². The summed E-state index contributed by atoms with van der Waals surface area (Å²) >= 11 is 0. The zero-order chi connectivity index (χ0) is 9.80. The first-order valence-electron chi connectivity index (χ1n) is 5.82. The zero-order valence-electron chi connectivity index (χ0n) is 8.74. The lowest BCUT2D eigenvalue weighted by molar-refractivity contribution is 0.0914. The molecule has 0 saturated heterocycles. The second-order valence-corrected chi connectivity index (χ2v) is 4.57. The highest BCUT2D eigenvalue weighted by Gasteiger charge is 2.38. The van der Waals surface area contributed by atoms with Crippen LogP contribution in [0.25, 0.3) is 0 Å². The van der Waals surface area contributed by atoms with Gasteiger partial charge in [-0.25, -0.2) is 0 Å². The normalized spacial score (nSPS) is 35.4. The molecule has 2 bridgehead atoms. The molecule has 82 valence electrons. The van der Waals surface area contributed by atoms with Crippen LogP contribution in [0.4, 0.5) is 0 Å². The maximum absolute atomic E-state index is 8.52. The summed E-state index contributed by atoms with van der Waals surface area (Å²) in [6.07, 6.45) is 5.73. The fourth-order valence-electron chi connectivity index (χ4n) is 2.98. The molecule has 0 aromatic heterocycles. The zero-order valence-corrected chi connectivity index (χ0v) is 8.74. The Bertz CT molecular complexity index is 175. The number of ether oxygens (including phenoxy) is 1. The molecule has 0 unspecified atom stereocenters. The number of aliphatic hydroxyl groups excluding tert-OH is 1. The molecular formula is C11H21NO2. The second kappa shape index (κ2) is 5.10. The summed E-state index contributed by atoms with van der Waals surface area (Å²) < 4.78 is 5.21. The van der Waals surface area contributed by atoms with Gasteiger partial charge in [0.1, 0.15) is 0 Å². The lowest BCUT2D eigenvalue weighted by Crippen LogP contribution is -2.36. The van der Waals surface area contributed by atoms with Gasteiger partial charge in [-0.2, -0.15) is 0 Å². The highest BCUT2D eigenvalue weighted by Crippen LogP contribution is 2.44. The summed E-state index contributed by atoms with van der Waals surface area (Å²) in [6.45, 7) is 2.27. The van der Waals surface area contributed by atoms with Gasteiger partial charge in [-0.3, -0.25) is 0 Å². The lowest BCUT2D eigenvalue weighted by Gasteiger charge is -2.22. The van der Waals surface area contributed by atoms with Crippen LogP contribution < -0.4 is 5.32 Å². The first kappa shape index (κ1) is 10.4. The van der Waals surface area contributed by atoms with E-state index in [9.17, 15) is 0 Å². The standard InChI is InChI=1S/C11H21NO2/c13-4-6-14-5-3-12-11-8-9-1-2-10(11)7-9/h9-13H,1-8H2/t9-,10+,11+/m1/s1. The summed E-state index contributed by atoms with van der Waals surface area (Å²) in [5, 5.41) is 12.1. The number of hydrogen-bond acceptors (Lipinski definition) is 3. The number of nitrogens with one attached hydrogen (secondary N) is 1. The fraction of sp³-hybridized carbons (Fsp3) is 1.00. The highest BCUT2D eigenvalue weighted by molar-refractivity contribution is 4.93. The largest absolute Gasteiger partial charge is 0.394 e. The molecule has 2 aliphatic rings. The van der Waals surface area contributed by atoms with Gasteiger partial charge in [-0.15, -0.1) is 0 Å². The third kappa shape index (κ3) is 2.47. The SMILES string of the molecule is OCCOCCN[C@H]1C[C@@H]2CC[C@H]1C2. The van der Waals surface area contributed by atoms with Gasteiger partial charge in [-0.1, -0.05) is 6.42 Å². The van der Waals surface area contributed by atoms with Gasteiger partial charge in [0.25, 0.3) is 0 Å². The molecule has 0 aliphatic heterocycles. The van der Waals surface area contributed by atoms with E-state index < -0.39 is 0 Å². The maximum atomic E-state index is 8.52. The maximum Gasteiger partial charge on any atom is 0.0698 e. The second-order valence-electron chi connectivity index (χ2n) is 4.57. The Balaban J connectivity index is 1.54. The Labute approximate surface area is 85.8 Å². The van der Waals surface area contributed by atoms with Crippen molar-refractivity contribution in [2.75, 3.05) is 26.4 Å². The average molecular weight is 199 g/mol. The quantitative estimate of drug-likeness (QED) is 0.621. The van der Waals surface area contributed by atoms with Gasteiger partial charge in [0.05, 0.1) is 19.8 Å². The van der Waals surface area contributed by atoms with Crippen LogP contribution in [0.2, 0.25) is 0 Å². The van der Waals surface area contributed by atoms with Crippen molar-refractivity contribution in [2.45, 2.75) is 31.7 Å². The number of fused-ring (bicyclic) bond motifs is 2. The molecular weight excluding hydrogens is 178 g/mol. The number of aliphatic hydroxyl groups is 1. The van der Waals surface area contributed by atoms with Crippen molar-refractivity contribution in [1.29, 1.82) is 0 Å². The van der Waals surface area contributed by atoms with Gasteiger partial charge in [0.2, 0.25) is 0 Å². The Kier molecular flexibility index (Phi) is 3.79. The minimum Gasteiger partial charge on any atom is -0.394 e. The van der Waals surface area contributed by atoms with E-state index in [2.05, 4.69) is 5.32 Å². The molecule has 0 amide bonds. The Morgan fingerprint density at radius 2 is 2.14 bits per heavy atom. The minimum atomic E-state index is 0.133. The van der Waals surface area contributed by atoms with Crippen molar-refractivity contribution in [3.63, 3.8) is 0 Å². The highest BCUT2D eigenvalue weighted by atomic mass is 16.5. The van der Waals surface area contributed by atoms with E-state index in [1.807, 2.05) is 0 Å². The van der Waals surface area contributed by atoms with Crippen LogP contribution in [0.5, 0.6) is 0 Å². The summed E-state index contributed by atoms with van der Waals surface area (Å²) in [5.74, 6) is 1.95. The average Bonchev–Trinajstić information content (AvgIpc) is 2.79. The van der Waals surface area contributed by atoms with Crippen LogP contribution in [0.15, 0.2) is 0 Å². The fourth-order valence-corrected chi connectivity index (χ4v) is 2.98. The van der Waals surface area contributed by atoms with Crippen LogP contribution in [-0.2, 0) is 4.74 Å². The predicted molar refractivity (Wildman–Crippen MR) is 55.1 cm³/mol. The van der Waals surface area contributed by atoms with Crippen LogP contribution in [0.1, 0.15) is 25.7 Å². The summed E-state index contributed by atoms with van der Waals surface area (Å²) in [7, 11) is 0.